The van der Waals surface area contributed by atoms with Crippen LogP contribution in [-0.4, -0.2) is 24.2 Å². The summed E-state index contributed by atoms with van der Waals surface area (Å²) in [7, 11) is -0.499. The molecule has 0 bridgehead atoms. The zero-order valence-corrected chi connectivity index (χ0v) is 24.7. The number of allylic oxidation sites excluding steroid dienone is 3. The van der Waals surface area contributed by atoms with E-state index in [-0.39, 0.29) is 38.0 Å². The molecule has 0 radical (unpaired) electrons. The molecule has 0 spiro atoms. The van der Waals surface area contributed by atoms with Crippen molar-refractivity contribution in [1.29, 1.82) is 0 Å². The molecule has 1 unspecified atom stereocenters. The standard InChI is InChI=1S/C27H26NOP.C5H8.2CH3.Fe/c1-4-11-21(12-5-1)19-22-20-29-27(28-22)25-17-10-18-26(25)30(23-13-6-2-7-14-23)24-15-8-3-9-16-24;1-2-4-5-3-1;;;/h1-9,11-17,22,26H,10,18-20H2;1-2H,3-5H2;2*1H3;/q;;2*-1;+2/t22-,26?;;;;/m0..../s1. The molecule has 1 heterocycles. The monoisotopic (exact) mass is 565 g/mol. The molecule has 2 aliphatic carbocycles. The minimum Gasteiger partial charge on any atom is -0.475 e. The van der Waals surface area contributed by atoms with E-state index in [0.717, 1.165) is 25.2 Å². The molecule has 0 saturated heterocycles. The third-order valence-corrected chi connectivity index (χ3v) is 9.59. The second-order valence-electron chi connectivity index (χ2n) is 9.28. The van der Waals surface area contributed by atoms with E-state index in [0.29, 0.717) is 12.3 Å². The SMILES string of the molecule is C1=C(C2=N[C@@H](Cc3ccccc3)CO2)C(P(c2ccccc2)c2ccccc2)CC1.C1=CCCC1.[CH3-].[CH3-].[Fe+2]. The van der Waals surface area contributed by atoms with Crippen molar-refractivity contribution in [2.75, 3.05) is 6.61 Å². The van der Waals surface area contributed by atoms with Crippen LogP contribution in [0.25, 0.3) is 0 Å². The van der Waals surface area contributed by atoms with Gasteiger partial charge in [-0.2, -0.15) is 0 Å². The Labute approximate surface area is 242 Å². The fraction of sp³-hybridized carbons (Fsp3) is 0.265. The second-order valence-corrected chi connectivity index (χ2v) is 11.7. The molecule has 1 aliphatic heterocycles. The average molecular weight is 566 g/mol. The van der Waals surface area contributed by atoms with E-state index < -0.39 is 7.92 Å². The summed E-state index contributed by atoms with van der Waals surface area (Å²) in [4.78, 5) is 5.02. The van der Waals surface area contributed by atoms with Crippen molar-refractivity contribution in [2.24, 2.45) is 4.99 Å². The molecular formula is C34H40FeNOP. The summed E-state index contributed by atoms with van der Waals surface area (Å²) in [6.07, 6.45) is 14.1. The number of ether oxygens (including phenoxy) is 1. The summed E-state index contributed by atoms with van der Waals surface area (Å²) < 4.78 is 6.17. The Morgan fingerprint density at radius 3 is 1.82 bits per heavy atom. The molecule has 38 heavy (non-hydrogen) atoms. The van der Waals surface area contributed by atoms with Gasteiger partial charge in [-0.1, -0.05) is 109 Å². The van der Waals surface area contributed by atoms with Gasteiger partial charge in [0.1, 0.15) is 6.61 Å². The van der Waals surface area contributed by atoms with Crippen molar-refractivity contribution in [3.8, 4) is 0 Å². The van der Waals surface area contributed by atoms with Gasteiger partial charge in [-0.05, 0) is 62.6 Å². The fourth-order valence-corrected chi connectivity index (χ4v) is 7.93. The number of nitrogens with zero attached hydrogens (tertiary/aromatic N) is 1. The van der Waals surface area contributed by atoms with Crippen LogP contribution in [0, 0.1) is 14.9 Å². The predicted octanol–water partition coefficient (Wildman–Crippen LogP) is 7.87. The van der Waals surface area contributed by atoms with E-state index in [2.05, 4.69) is 109 Å². The molecular weight excluding hydrogens is 525 g/mol. The third-order valence-electron chi connectivity index (χ3n) is 6.73. The molecule has 3 aromatic rings. The van der Waals surface area contributed by atoms with Crippen molar-refractivity contribution in [1.82, 2.24) is 0 Å². The number of rotatable bonds is 6. The number of benzene rings is 3. The average Bonchev–Trinajstić information content (AvgIpc) is 3.71. The van der Waals surface area contributed by atoms with E-state index in [1.807, 2.05) is 0 Å². The van der Waals surface area contributed by atoms with Gasteiger partial charge in [0, 0.05) is 11.2 Å². The second kappa shape index (κ2) is 16.5. The Hall–Kier alpha value is -2.44. The molecule has 0 aromatic heterocycles. The van der Waals surface area contributed by atoms with E-state index in [1.54, 1.807) is 0 Å². The van der Waals surface area contributed by atoms with Crippen molar-refractivity contribution in [2.45, 2.75) is 50.2 Å². The van der Waals surface area contributed by atoms with Gasteiger partial charge in [-0.3, -0.25) is 0 Å². The molecule has 2 atom stereocenters. The molecule has 200 valence electrons. The van der Waals surface area contributed by atoms with Gasteiger partial charge < -0.3 is 19.6 Å². The number of aliphatic imine (C=N–C) groups is 1. The smallest absolute Gasteiger partial charge is 0.475 e. The first-order valence-electron chi connectivity index (χ1n) is 12.9. The molecule has 3 aromatic carbocycles. The quantitative estimate of drug-likeness (QED) is 0.129. The van der Waals surface area contributed by atoms with Crippen LogP contribution in [0.15, 0.2) is 120 Å². The topological polar surface area (TPSA) is 21.6 Å². The van der Waals surface area contributed by atoms with Gasteiger partial charge in [-0.25, -0.2) is 4.99 Å². The number of hydrogen-bond donors (Lipinski definition) is 0. The van der Waals surface area contributed by atoms with E-state index in [9.17, 15) is 0 Å². The van der Waals surface area contributed by atoms with Crippen LogP contribution in [0.3, 0.4) is 0 Å². The molecule has 2 nitrogen and oxygen atoms in total. The fourth-order valence-electron chi connectivity index (χ4n) is 5.03. The van der Waals surface area contributed by atoms with E-state index in [4.69, 9.17) is 9.73 Å². The zero-order valence-electron chi connectivity index (χ0n) is 22.7. The molecule has 0 fully saturated rings. The van der Waals surface area contributed by atoms with Crippen LogP contribution in [0.4, 0.5) is 0 Å². The Balaban J connectivity index is 0.000000572. The van der Waals surface area contributed by atoms with Gasteiger partial charge >= 0.3 is 17.1 Å². The molecule has 0 amide bonds. The Bertz CT molecular complexity index is 1120. The van der Waals surface area contributed by atoms with Crippen LogP contribution in [0.2, 0.25) is 0 Å². The molecule has 0 saturated carbocycles. The summed E-state index contributed by atoms with van der Waals surface area (Å²) in [6, 6.07) is 32.8. The maximum Gasteiger partial charge on any atom is 2.00 e. The van der Waals surface area contributed by atoms with E-state index in [1.165, 1.54) is 41.0 Å². The third kappa shape index (κ3) is 8.28. The summed E-state index contributed by atoms with van der Waals surface area (Å²) in [6.45, 7) is 0.683. The Morgan fingerprint density at radius 1 is 0.737 bits per heavy atom. The summed E-state index contributed by atoms with van der Waals surface area (Å²) in [5.41, 5.74) is 3.10. The van der Waals surface area contributed by atoms with Crippen LogP contribution >= 0.6 is 7.92 Å². The maximum atomic E-state index is 6.17. The molecule has 6 rings (SSSR count). The van der Waals surface area contributed by atoms with Crippen LogP contribution in [0.1, 0.15) is 37.7 Å². The summed E-state index contributed by atoms with van der Waals surface area (Å²) in [5.74, 6) is 0.887. The van der Waals surface area contributed by atoms with Crippen LogP contribution < -0.4 is 10.6 Å². The van der Waals surface area contributed by atoms with Crippen molar-refractivity contribution >= 4 is 24.4 Å². The summed E-state index contributed by atoms with van der Waals surface area (Å²) in [5, 5.41) is 2.85. The molecule has 4 heteroatoms. The van der Waals surface area contributed by atoms with Gasteiger partial charge in [-0.15, -0.1) is 0 Å². The zero-order chi connectivity index (χ0) is 23.7. The van der Waals surface area contributed by atoms with Crippen molar-refractivity contribution < 1.29 is 21.8 Å². The number of hydrogen-bond acceptors (Lipinski definition) is 2. The van der Waals surface area contributed by atoms with Crippen molar-refractivity contribution in [3.05, 3.63) is 135 Å². The maximum absolute atomic E-state index is 6.17. The van der Waals surface area contributed by atoms with Gasteiger partial charge in [0.2, 0.25) is 5.90 Å². The first-order chi connectivity index (χ1) is 17.4. The van der Waals surface area contributed by atoms with Crippen LogP contribution in [-0.2, 0) is 28.2 Å². The van der Waals surface area contributed by atoms with Gasteiger partial charge in [0.15, 0.2) is 0 Å². The van der Waals surface area contributed by atoms with Crippen LogP contribution in [0.5, 0.6) is 0 Å². The largest absolute Gasteiger partial charge is 2.00 e. The summed E-state index contributed by atoms with van der Waals surface area (Å²) >= 11 is 0. The molecule has 3 aliphatic rings. The van der Waals surface area contributed by atoms with E-state index >= 15 is 0 Å². The first kappa shape index (κ1) is 31.8. The Morgan fingerprint density at radius 2 is 1.29 bits per heavy atom. The predicted molar refractivity (Wildman–Crippen MR) is 163 cm³/mol. The van der Waals surface area contributed by atoms with Gasteiger partial charge in [0.25, 0.3) is 0 Å². The minimum absolute atomic E-state index is 0. The normalized spacial score (nSPS) is 19.1. The van der Waals surface area contributed by atoms with Gasteiger partial charge in [0.05, 0.1) is 6.04 Å². The first-order valence-corrected chi connectivity index (χ1v) is 14.3. The Kier molecular flexibility index (Phi) is 13.8. The molecule has 0 N–H and O–H groups in total. The minimum atomic E-state index is -0.499. The van der Waals surface area contributed by atoms with Crippen molar-refractivity contribution in [3.63, 3.8) is 0 Å².